The fourth-order valence-corrected chi connectivity index (χ4v) is 2.01. The van der Waals surface area contributed by atoms with Crippen LogP contribution in [0.4, 0.5) is 0 Å². The van der Waals surface area contributed by atoms with E-state index in [1.807, 2.05) is 32.9 Å². The van der Waals surface area contributed by atoms with Gasteiger partial charge in [-0.1, -0.05) is 19.1 Å². The number of benzene rings is 1. The summed E-state index contributed by atoms with van der Waals surface area (Å²) < 4.78 is 11.4. The minimum atomic E-state index is -0.370. The first kappa shape index (κ1) is 13.1. The van der Waals surface area contributed by atoms with Gasteiger partial charge >= 0.3 is 0 Å². The minimum absolute atomic E-state index is 0.121. The second kappa shape index (κ2) is 5.53. The molecule has 0 bridgehead atoms. The molecule has 0 spiro atoms. The van der Waals surface area contributed by atoms with Crippen LogP contribution in [0.1, 0.15) is 30.9 Å². The molecule has 0 aliphatic heterocycles. The summed E-state index contributed by atoms with van der Waals surface area (Å²) in [5.41, 5.74) is 2.25. The molecule has 18 heavy (non-hydrogen) atoms. The van der Waals surface area contributed by atoms with Gasteiger partial charge < -0.3 is 9.47 Å². The molecule has 0 saturated heterocycles. The smallest absolute Gasteiger partial charge is 0.169 e. The van der Waals surface area contributed by atoms with Crippen LogP contribution in [-0.4, -0.2) is 24.6 Å². The molecule has 2 rings (SSSR count). The molecule has 3 heteroatoms. The molecule has 2 unspecified atom stereocenters. The van der Waals surface area contributed by atoms with E-state index in [1.54, 1.807) is 0 Å². The van der Waals surface area contributed by atoms with E-state index in [2.05, 4.69) is 6.07 Å². The quantitative estimate of drug-likeness (QED) is 0.803. The number of carbonyl (C=O) groups excluding carboxylic acids is 1. The molecule has 0 aromatic heterocycles. The maximum Gasteiger partial charge on any atom is 0.169 e. The third kappa shape index (κ3) is 2.72. The standard InChI is InChI=1S/C15H20O3/c1-4-7-17-15-12(16)9-14(15)18-13-8-10(2)5-6-11(13)3/h5-6,8,14-15H,4,7,9H2,1-3H3. The van der Waals surface area contributed by atoms with Gasteiger partial charge in [-0.2, -0.15) is 0 Å². The molecule has 2 atom stereocenters. The van der Waals surface area contributed by atoms with E-state index >= 15 is 0 Å². The van der Waals surface area contributed by atoms with E-state index in [0.717, 1.165) is 23.3 Å². The van der Waals surface area contributed by atoms with Crippen LogP contribution in [0.25, 0.3) is 0 Å². The topological polar surface area (TPSA) is 35.5 Å². The monoisotopic (exact) mass is 248 g/mol. The fourth-order valence-electron chi connectivity index (χ4n) is 2.01. The first-order chi connectivity index (χ1) is 8.61. The number of ether oxygens (including phenoxy) is 2. The Morgan fingerprint density at radius 2 is 2.11 bits per heavy atom. The molecule has 0 heterocycles. The second-order valence-electron chi connectivity index (χ2n) is 4.89. The molecule has 1 aliphatic carbocycles. The number of hydrogen-bond donors (Lipinski definition) is 0. The number of rotatable bonds is 5. The van der Waals surface area contributed by atoms with Gasteiger partial charge in [0, 0.05) is 13.0 Å². The lowest BCUT2D eigenvalue weighted by Crippen LogP contribution is -2.52. The van der Waals surface area contributed by atoms with Crippen LogP contribution in [0.2, 0.25) is 0 Å². The molecule has 3 nitrogen and oxygen atoms in total. The van der Waals surface area contributed by atoms with Crippen LogP contribution >= 0.6 is 0 Å². The Morgan fingerprint density at radius 3 is 2.78 bits per heavy atom. The highest BCUT2D eigenvalue weighted by Crippen LogP contribution is 2.28. The Labute approximate surface area is 108 Å². The van der Waals surface area contributed by atoms with E-state index in [1.165, 1.54) is 0 Å². The van der Waals surface area contributed by atoms with Crippen molar-refractivity contribution in [2.75, 3.05) is 6.61 Å². The van der Waals surface area contributed by atoms with Crippen LogP contribution < -0.4 is 4.74 Å². The van der Waals surface area contributed by atoms with Gasteiger partial charge in [0.1, 0.15) is 11.9 Å². The van der Waals surface area contributed by atoms with Crippen LogP contribution in [0, 0.1) is 13.8 Å². The van der Waals surface area contributed by atoms with Crippen molar-refractivity contribution in [3.8, 4) is 5.75 Å². The maximum absolute atomic E-state index is 11.5. The molecule has 98 valence electrons. The van der Waals surface area contributed by atoms with Crippen molar-refractivity contribution in [2.24, 2.45) is 0 Å². The average molecular weight is 248 g/mol. The number of ketones is 1. The lowest BCUT2D eigenvalue weighted by Gasteiger charge is -2.35. The van der Waals surface area contributed by atoms with Crippen molar-refractivity contribution in [3.05, 3.63) is 29.3 Å². The summed E-state index contributed by atoms with van der Waals surface area (Å²) in [4.78, 5) is 11.5. The zero-order chi connectivity index (χ0) is 13.1. The van der Waals surface area contributed by atoms with Gasteiger partial charge in [-0.3, -0.25) is 4.79 Å². The van der Waals surface area contributed by atoms with Crippen molar-refractivity contribution in [1.29, 1.82) is 0 Å². The Morgan fingerprint density at radius 1 is 1.33 bits per heavy atom. The molecule has 1 aliphatic rings. The predicted molar refractivity (Wildman–Crippen MR) is 70.0 cm³/mol. The van der Waals surface area contributed by atoms with Crippen molar-refractivity contribution < 1.29 is 14.3 Å². The summed E-state index contributed by atoms with van der Waals surface area (Å²) in [5.74, 6) is 1.01. The van der Waals surface area contributed by atoms with Gasteiger partial charge in [0.05, 0.1) is 0 Å². The Balaban J connectivity index is 2.01. The molecule has 1 aromatic carbocycles. The lowest BCUT2D eigenvalue weighted by atomic mass is 9.89. The third-order valence-electron chi connectivity index (χ3n) is 3.18. The van der Waals surface area contributed by atoms with Gasteiger partial charge in [-0.05, 0) is 37.5 Å². The highest BCUT2D eigenvalue weighted by molar-refractivity contribution is 5.90. The summed E-state index contributed by atoms with van der Waals surface area (Å²) in [5, 5.41) is 0. The van der Waals surface area contributed by atoms with E-state index in [9.17, 15) is 4.79 Å². The molecule has 0 radical (unpaired) electrons. The molecule has 1 saturated carbocycles. The molecular formula is C15H20O3. The van der Waals surface area contributed by atoms with Crippen LogP contribution in [0.15, 0.2) is 18.2 Å². The van der Waals surface area contributed by atoms with E-state index in [-0.39, 0.29) is 18.0 Å². The summed E-state index contributed by atoms with van der Waals surface area (Å²) in [6, 6.07) is 6.10. The summed E-state index contributed by atoms with van der Waals surface area (Å²) in [7, 11) is 0. The summed E-state index contributed by atoms with van der Waals surface area (Å²) >= 11 is 0. The molecule has 0 N–H and O–H groups in total. The minimum Gasteiger partial charge on any atom is -0.486 e. The Bertz CT molecular complexity index is 439. The van der Waals surface area contributed by atoms with Gasteiger partial charge in [0.2, 0.25) is 0 Å². The van der Waals surface area contributed by atoms with Crippen molar-refractivity contribution >= 4 is 5.78 Å². The van der Waals surface area contributed by atoms with Crippen LogP contribution in [0.5, 0.6) is 5.75 Å². The lowest BCUT2D eigenvalue weighted by molar-refractivity contribution is -0.154. The van der Waals surface area contributed by atoms with E-state index in [4.69, 9.17) is 9.47 Å². The average Bonchev–Trinajstić information content (AvgIpc) is 2.33. The summed E-state index contributed by atoms with van der Waals surface area (Å²) in [6.07, 6.45) is 0.885. The molecule has 1 fully saturated rings. The molecule has 1 aromatic rings. The third-order valence-corrected chi connectivity index (χ3v) is 3.18. The first-order valence-corrected chi connectivity index (χ1v) is 6.50. The fraction of sp³-hybridized carbons (Fsp3) is 0.533. The van der Waals surface area contributed by atoms with E-state index < -0.39 is 0 Å². The Kier molecular flexibility index (Phi) is 4.02. The number of aryl methyl sites for hydroxylation is 2. The van der Waals surface area contributed by atoms with Gasteiger partial charge in [0.25, 0.3) is 0 Å². The zero-order valence-electron chi connectivity index (χ0n) is 11.2. The number of hydrogen-bond acceptors (Lipinski definition) is 3. The van der Waals surface area contributed by atoms with Crippen LogP contribution in [0.3, 0.4) is 0 Å². The van der Waals surface area contributed by atoms with Crippen molar-refractivity contribution in [3.63, 3.8) is 0 Å². The van der Waals surface area contributed by atoms with Crippen molar-refractivity contribution in [2.45, 2.75) is 45.8 Å². The normalized spacial score (nSPS) is 22.7. The number of carbonyl (C=O) groups is 1. The molecule has 0 amide bonds. The number of Topliss-reactive ketones (excluding diaryl/α,β-unsaturated/α-hetero) is 1. The van der Waals surface area contributed by atoms with Crippen molar-refractivity contribution in [1.82, 2.24) is 0 Å². The van der Waals surface area contributed by atoms with E-state index in [0.29, 0.717) is 13.0 Å². The summed E-state index contributed by atoms with van der Waals surface area (Å²) in [6.45, 7) is 6.69. The largest absolute Gasteiger partial charge is 0.486 e. The molecular weight excluding hydrogens is 228 g/mol. The highest BCUT2D eigenvalue weighted by Gasteiger charge is 2.42. The maximum atomic E-state index is 11.5. The Hall–Kier alpha value is -1.35. The van der Waals surface area contributed by atoms with Gasteiger partial charge in [-0.15, -0.1) is 0 Å². The van der Waals surface area contributed by atoms with Gasteiger partial charge in [0.15, 0.2) is 11.9 Å². The zero-order valence-corrected chi connectivity index (χ0v) is 11.2. The highest BCUT2D eigenvalue weighted by atomic mass is 16.5. The predicted octanol–water partition coefficient (Wildman–Crippen LogP) is 2.82. The van der Waals surface area contributed by atoms with Crippen LogP contribution in [-0.2, 0) is 9.53 Å². The second-order valence-corrected chi connectivity index (χ2v) is 4.89. The first-order valence-electron chi connectivity index (χ1n) is 6.50. The SMILES string of the molecule is CCCOC1C(=O)CC1Oc1cc(C)ccc1C. The van der Waals surface area contributed by atoms with Gasteiger partial charge in [-0.25, -0.2) is 0 Å².